The molecule has 3 rings (SSSR count). The number of likely N-dealkylation sites (tertiary alicyclic amines) is 1. The summed E-state index contributed by atoms with van der Waals surface area (Å²) >= 11 is 0. The predicted molar refractivity (Wildman–Crippen MR) is 159 cm³/mol. The summed E-state index contributed by atoms with van der Waals surface area (Å²) in [7, 11) is 0. The molecule has 0 unspecified atom stereocenters. The highest BCUT2D eigenvalue weighted by atomic mass is 16.6. The number of alkyl carbamates (subject to hydrolysis) is 2. The molecule has 0 aromatic heterocycles. The topological polar surface area (TPSA) is 121 Å². The lowest BCUT2D eigenvalue weighted by molar-refractivity contribution is 0.0545. The number of carbonyl (C=O) groups is 3. The number of rotatable bonds is 5. The third kappa shape index (κ3) is 11.9. The smallest absolute Gasteiger partial charge is 0.414 e. The number of hydrogen-bond donors (Lipinski definition) is 3. The number of aliphatic imine (C=N–C) groups is 1. The lowest BCUT2D eigenvalue weighted by atomic mass is 9.90. The van der Waals surface area contributed by atoms with Crippen LogP contribution in [0.5, 0.6) is 0 Å². The Bertz CT molecular complexity index is 1160. The zero-order chi connectivity index (χ0) is 30.0. The number of ether oxygens (including phenoxy) is 2. The Morgan fingerprint density at radius 1 is 0.805 bits per heavy atom. The molecule has 10 nitrogen and oxygen atoms in total. The minimum absolute atomic E-state index is 0.0735. The number of urea groups is 1. The second kappa shape index (κ2) is 14.0. The fourth-order valence-electron chi connectivity index (χ4n) is 4.28. The molecular formula is C31H43N5O5. The fourth-order valence-corrected chi connectivity index (χ4v) is 4.28. The van der Waals surface area contributed by atoms with Gasteiger partial charge in [-0.25, -0.2) is 19.4 Å². The summed E-state index contributed by atoms with van der Waals surface area (Å²) in [6.45, 7) is 12.3. The summed E-state index contributed by atoms with van der Waals surface area (Å²) in [5.41, 5.74) is 1.24. The van der Waals surface area contributed by atoms with Crippen LogP contribution in [0.15, 0.2) is 59.6 Å². The quantitative estimate of drug-likeness (QED) is 0.308. The van der Waals surface area contributed by atoms with Crippen LogP contribution in [0, 0.1) is 5.92 Å². The molecule has 3 N–H and O–H groups in total. The molecule has 2 aromatic carbocycles. The maximum Gasteiger partial charge on any atom is 0.414 e. The van der Waals surface area contributed by atoms with Gasteiger partial charge in [0.25, 0.3) is 0 Å². The first-order valence-corrected chi connectivity index (χ1v) is 14.0. The maximum atomic E-state index is 12.7. The standard InChI is InChI=1S/C31H43N5O5/c1-30(2,3)40-28(38)34-26(35-29(39)41-31(4,5)6)33-25-14-12-24(13-15-25)21-32-27(37)36-18-16-23(17-19-36)20-22-10-8-7-9-11-22/h7-15,23H,16-21H2,1-6H3,(H,32,37)(H2,33,34,35,38,39). The third-order valence-corrected chi connectivity index (χ3v) is 6.13. The van der Waals surface area contributed by atoms with Crippen molar-refractivity contribution in [1.29, 1.82) is 0 Å². The Morgan fingerprint density at radius 3 is 1.85 bits per heavy atom. The van der Waals surface area contributed by atoms with Crippen molar-refractivity contribution in [2.45, 2.75) is 78.6 Å². The molecule has 1 fully saturated rings. The van der Waals surface area contributed by atoms with Gasteiger partial charge in [-0.3, -0.25) is 10.6 Å². The summed E-state index contributed by atoms with van der Waals surface area (Å²) in [4.78, 5) is 43.6. The molecule has 0 bridgehead atoms. The van der Waals surface area contributed by atoms with E-state index in [9.17, 15) is 14.4 Å². The second-order valence-corrected chi connectivity index (χ2v) is 12.2. The molecule has 41 heavy (non-hydrogen) atoms. The molecule has 1 aliphatic heterocycles. The van der Waals surface area contributed by atoms with Gasteiger partial charge in [0.15, 0.2) is 0 Å². The van der Waals surface area contributed by atoms with Gasteiger partial charge in [0.1, 0.15) is 11.2 Å². The summed E-state index contributed by atoms with van der Waals surface area (Å²) in [6, 6.07) is 17.5. The van der Waals surface area contributed by atoms with Crippen LogP contribution < -0.4 is 16.0 Å². The molecule has 222 valence electrons. The number of guanidine groups is 1. The molecule has 4 amide bonds. The highest BCUT2D eigenvalue weighted by Crippen LogP contribution is 2.22. The van der Waals surface area contributed by atoms with Crippen molar-refractivity contribution in [3.05, 3.63) is 65.7 Å². The Kier molecular flexibility index (Phi) is 10.7. The molecule has 0 saturated carbocycles. The highest BCUT2D eigenvalue weighted by molar-refractivity contribution is 6.02. The highest BCUT2D eigenvalue weighted by Gasteiger charge is 2.23. The Balaban J connectivity index is 1.54. The molecular weight excluding hydrogens is 522 g/mol. The lowest BCUT2D eigenvalue weighted by Crippen LogP contribution is -2.47. The van der Waals surface area contributed by atoms with Crippen molar-refractivity contribution in [3.8, 4) is 0 Å². The molecule has 10 heteroatoms. The van der Waals surface area contributed by atoms with Crippen LogP contribution >= 0.6 is 0 Å². The van der Waals surface area contributed by atoms with Crippen LogP contribution in [0.25, 0.3) is 0 Å². The SMILES string of the molecule is CC(C)(C)OC(=O)NC(=Nc1ccc(CNC(=O)N2CCC(Cc3ccccc3)CC2)cc1)NC(=O)OC(C)(C)C. The van der Waals surface area contributed by atoms with E-state index in [1.54, 1.807) is 53.7 Å². The number of benzene rings is 2. The van der Waals surface area contributed by atoms with Gasteiger partial charge in [-0.1, -0.05) is 42.5 Å². The fraction of sp³-hybridized carbons (Fsp3) is 0.484. The lowest BCUT2D eigenvalue weighted by Gasteiger charge is -2.32. The second-order valence-electron chi connectivity index (χ2n) is 12.2. The van der Waals surface area contributed by atoms with Gasteiger partial charge < -0.3 is 19.7 Å². The predicted octanol–water partition coefficient (Wildman–Crippen LogP) is 5.89. The van der Waals surface area contributed by atoms with Crippen LogP contribution in [-0.4, -0.2) is 53.4 Å². The average molecular weight is 566 g/mol. The summed E-state index contributed by atoms with van der Waals surface area (Å²) in [6.07, 6.45) is 1.50. The minimum atomic E-state index is -0.768. The summed E-state index contributed by atoms with van der Waals surface area (Å²) < 4.78 is 10.6. The van der Waals surface area contributed by atoms with E-state index in [0.29, 0.717) is 18.2 Å². The zero-order valence-electron chi connectivity index (χ0n) is 25.0. The number of amides is 4. The van der Waals surface area contributed by atoms with Crippen LogP contribution in [-0.2, 0) is 22.4 Å². The van der Waals surface area contributed by atoms with Gasteiger partial charge in [-0.05, 0) is 90.0 Å². The third-order valence-electron chi connectivity index (χ3n) is 6.13. The first kappa shape index (κ1) is 31.4. The Hall–Kier alpha value is -4.08. The van der Waals surface area contributed by atoms with Crippen molar-refractivity contribution < 1.29 is 23.9 Å². The Morgan fingerprint density at radius 2 is 1.34 bits per heavy atom. The van der Waals surface area contributed by atoms with Crippen LogP contribution in [0.4, 0.5) is 20.1 Å². The van der Waals surface area contributed by atoms with Crippen molar-refractivity contribution in [1.82, 2.24) is 20.9 Å². The largest absolute Gasteiger partial charge is 0.444 e. The van der Waals surface area contributed by atoms with Gasteiger partial charge in [-0.15, -0.1) is 0 Å². The van der Waals surface area contributed by atoms with Crippen LogP contribution in [0.1, 0.15) is 65.5 Å². The van der Waals surface area contributed by atoms with Gasteiger partial charge in [0.05, 0.1) is 5.69 Å². The van der Waals surface area contributed by atoms with Gasteiger partial charge in [0, 0.05) is 19.6 Å². The van der Waals surface area contributed by atoms with E-state index in [2.05, 4.69) is 45.2 Å². The van der Waals surface area contributed by atoms with E-state index >= 15 is 0 Å². The normalized spacial score (nSPS) is 14.0. The summed E-state index contributed by atoms with van der Waals surface area (Å²) in [5, 5.41) is 7.91. The van der Waals surface area contributed by atoms with Gasteiger partial charge in [-0.2, -0.15) is 0 Å². The van der Waals surface area contributed by atoms with Crippen LogP contribution in [0.2, 0.25) is 0 Å². The number of piperidine rings is 1. The molecule has 1 heterocycles. The van der Waals surface area contributed by atoms with E-state index in [4.69, 9.17) is 9.47 Å². The van der Waals surface area contributed by atoms with E-state index < -0.39 is 23.4 Å². The number of carbonyl (C=O) groups excluding carboxylic acids is 3. The minimum Gasteiger partial charge on any atom is -0.444 e. The molecule has 2 aromatic rings. The molecule has 0 atom stereocenters. The van der Waals surface area contributed by atoms with E-state index in [-0.39, 0.29) is 12.0 Å². The first-order chi connectivity index (χ1) is 19.3. The summed E-state index contributed by atoms with van der Waals surface area (Å²) in [5.74, 6) is 0.458. The molecule has 0 spiro atoms. The van der Waals surface area contributed by atoms with Crippen molar-refractivity contribution in [2.75, 3.05) is 13.1 Å². The zero-order valence-corrected chi connectivity index (χ0v) is 25.0. The molecule has 1 saturated heterocycles. The monoisotopic (exact) mass is 565 g/mol. The first-order valence-electron chi connectivity index (χ1n) is 14.0. The van der Waals surface area contributed by atoms with E-state index in [0.717, 1.165) is 37.9 Å². The molecule has 1 aliphatic rings. The number of nitrogens with one attached hydrogen (secondary N) is 3. The van der Waals surface area contributed by atoms with Crippen molar-refractivity contribution in [2.24, 2.45) is 10.9 Å². The average Bonchev–Trinajstić information content (AvgIpc) is 2.87. The number of nitrogens with zero attached hydrogens (tertiary/aromatic N) is 2. The number of hydrogen-bond acceptors (Lipinski definition) is 6. The maximum absolute atomic E-state index is 12.7. The Labute approximate surface area is 242 Å². The van der Waals surface area contributed by atoms with E-state index in [1.165, 1.54) is 5.56 Å². The van der Waals surface area contributed by atoms with Crippen molar-refractivity contribution >= 4 is 29.9 Å². The van der Waals surface area contributed by atoms with Gasteiger partial charge in [0.2, 0.25) is 5.96 Å². The molecule has 0 aliphatic carbocycles. The van der Waals surface area contributed by atoms with E-state index in [1.807, 2.05) is 23.1 Å². The van der Waals surface area contributed by atoms with Crippen molar-refractivity contribution in [3.63, 3.8) is 0 Å². The van der Waals surface area contributed by atoms with Gasteiger partial charge >= 0.3 is 18.2 Å². The van der Waals surface area contributed by atoms with Crippen LogP contribution in [0.3, 0.4) is 0 Å². The molecule has 0 radical (unpaired) electrons.